The summed E-state index contributed by atoms with van der Waals surface area (Å²) in [4.78, 5) is 0. The largest absolute Gasteiger partial charge is 0.393 e. The highest BCUT2D eigenvalue weighted by molar-refractivity contribution is 4.82. The standard InChI is InChI=1S/C13H23FO/c14-12-8-6-11(7-9-12)13(15)10-4-2-1-3-5-10/h10-13,15H,1-9H2. The van der Waals surface area contributed by atoms with Crippen molar-refractivity contribution < 1.29 is 9.50 Å². The van der Waals surface area contributed by atoms with Crippen molar-refractivity contribution in [3.05, 3.63) is 0 Å². The van der Waals surface area contributed by atoms with Crippen molar-refractivity contribution in [3.63, 3.8) is 0 Å². The summed E-state index contributed by atoms with van der Waals surface area (Å²) in [5.41, 5.74) is 0. The van der Waals surface area contributed by atoms with Crippen LogP contribution >= 0.6 is 0 Å². The fraction of sp³-hybridized carbons (Fsp3) is 1.00. The van der Waals surface area contributed by atoms with E-state index < -0.39 is 6.17 Å². The Hall–Kier alpha value is -0.110. The van der Waals surface area contributed by atoms with Crippen molar-refractivity contribution >= 4 is 0 Å². The Labute approximate surface area is 92.1 Å². The lowest BCUT2D eigenvalue weighted by molar-refractivity contribution is 0.00922. The number of halogens is 1. The van der Waals surface area contributed by atoms with E-state index in [1.807, 2.05) is 0 Å². The molecule has 1 N–H and O–H groups in total. The van der Waals surface area contributed by atoms with Crippen molar-refractivity contribution in [3.8, 4) is 0 Å². The molecule has 0 saturated heterocycles. The molecule has 0 radical (unpaired) electrons. The normalized spacial score (nSPS) is 36.4. The molecule has 2 heteroatoms. The molecule has 0 aromatic carbocycles. The van der Waals surface area contributed by atoms with Gasteiger partial charge in [-0.1, -0.05) is 19.3 Å². The number of alkyl halides is 1. The first kappa shape index (κ1) is 11.4. The summed E-state index contributed by atoms with van der Waals surface area (Å²) < 4.78 is 13.0. The zero-order chi connectivity index (χ0) is 10.7. The topological polar surface area (TPSA) is 20.2 Å². The first-order valence-electron chi connectivity index (χ1n) is 6.59. The van der Waals surface area contributed by atoms with E-state index in [9.17, 15) is 9.50 Å². The van der Waals surface area contributed by atoms with Crippen LogP contribution in [0.5, 0.6) is 0 Å². The zero-order valence-electron chi connectivity index (χ0n) is 9.50. The third kappa shape index (κ3) is 2.93. The van der Waals surface area contributed by atoms with Crippen LogP contribution < -0.4 is 0 Å². The van der Waals surface area contributed by atoms with Gasteiger partial charge in [0.2, 0.25) is 0 Å². The van der Waals surface area contributed by atoms with Gasteiger partial charge in [-0.15, -0.1) is 0 Å². The van der Waals surface area contributed by atoms with Gasteiger partial charge in [0.15, 0.2) is 0 Å². The highest BCUT2D eigenvalue weighted by Gasteiger charge is 2.31. The van der Waals surface area contributed by atoms with Gasteiger partial charge < -0.3 is 5.11 Å². The van der Waals surface area contributed by atoms with Crippen LogP contribution in [-0.2, 0) is 0 Å². The molecule has 0 bridgehead atoms. The predicted molar refractivity (Wildman–Crippen MR) is 59.4 cm³/mol. The third-order valence-corrected chi connectivity index (χ3v) is 4.32. The van der Waals surface area contributed by atoms with Crippen LogP contribution in [0.15, 0.2) is 0 Å². The average molecular weight is 214 g/mol. The maximum absolute atomic E-state index is 13.0. The SMILES string of the molecule is OC(C1CCCCC1)C1CCC(F)CC1. The first-order valence-corrected chi connectivity index (χ1v) is 6.59. The molecule has 0 amide bonds. The molecule has 88 valence electrons. The van der Waals surface area contributed by atoms with Gasteiger partial charge >= 0.3 is 0 Å². The summed E-state index contributed by atoms with van der Waals surface area (Å²) in [6.07, 6.45) is 8.69. The van der Waals surface area contributed by atoms with Crippen LogP contribution in [0.2, 0.25) is 0 Å². The Kier molecular flexibility index (Phi) is 4.01. The lowest BCUT2D eigenvalue weighted by Gasteiger charge is -2.35. The van der Waals surface area contributed by atoms with E-state index in [2.05, 4.69) is 0 Å². The van der Waals surface area contributed by atoms with Crippen molar-refractivity contribution in [2.24, 2.45) is 11.8 Å². The van der Waals surface area contributed by atoms with E-state index >= 15 is 0 Å². The summed E-state index contributed by atoms with van der Waals surface area (Å²) in [7, 11) is 0. The van der Waals surface area contributed by atoms with Gasteiger partial charge in [0, 0.05) is 0 Å². The Balaban J connectivity index is 1.81. The number of rotatable bonds is 2. The molecule has 0 aromatic heterocycles. The molecule has 1 unspecified atom stereocenters. The highest BCUT2D eigenvalue weighted by Crippen LogP contribution is 2.36. The fourth-order valence-corrected chi connectivity index (χ4v) is 3.28. The summed E-state index contributed by atoms with van der Waals surface area (Å²) in [6.45, 7) is 0. The van der Waals surface area contributed by atoms with Gasteiger partial charge in [0.05, 0.1) is 6.10 Å². The van der Waals surface area contributed by atoms with E-state index in [0.29, 0.717) is 24.7 Å². The molecule has 1 atom stereocenters. The molecule has 15 heavy (non-hydrogen) atoms. The summed E-state index contributed by atoms with van der Waals surface area (Å²) >= 11 is 0. The second-order valence-corrected chi connectivity index (χ2v) is 5.40. The van der Waals surface area contributed by atoms with Crippen LogP contribution in [0, 0.1) is 11.8 Å². The van der Waals surface area contributed by atoms with Gasteiger partial charge in [-0.2, -0.15) is 0 Å². The summed E-state index contributed by atoms with van der Waals surface area (Å²) in [5.74, 6) is 0.903. The first-order chi connectivity index (χ1) is 7.27. The molecule has 0 heterocycles. The maximum Gasteiger partial charge on any atom is 0.100 e. The molecule has 2 rings (SSSR count). The summed E-state index contributed by atoms with van der Waals surface area (Å²) in [5, 5.41) is 10.3. The highest BCUT2D eigenvalue weighted by atomic mass is 19.1. The number of aliphatic hydroxyl groups is 1. The van der Waals surface area contributed by atoms with Crippen molar-refractivity contribution in [1.29, 1.82) is 0 Å². The molecule has 2 aliphatic carbocycles. The lowest BCUT2D eigenvalue weighted by atomic mass is 9.75. The zero-order valence-corrected chi connectivity index (χ0v) is 9.50. The molecule has 2 fully saturated rings. The van der Waals surface area contributed by atoms with E-state index in [1.54, 1.807) is 0 Å². The van der Waals surface area contributed by atoms with Crippen LogP contribution in [-0.4, -0.2) is 17.4 Å². The van der Waals surface area contributed by atoms with Crippen LogP contribution in [0.4, 0.5) is 4.39 Å². The molecule has 2 saturated carbocycles. The minimum atomic E-state index is -0.597. The van der Waals surface area contributed by atoms with Crippen molar-refractivity contribution in [2.75, 3.05) is 0 Å². The fourth-order valence-electron chi connectivity index (χ4n) is 3.28. The van der Waals surface area contributed by atoms with E-state index in [1.165, 1.54) is 32.1 Å². The smallest absolute Gasteiger partial charge is 0.100 e. The van der Waals surface area contributed by atoms with Gasteiger partial charge in [0.25, 0.3) is 0 Å². The molecule has 0 aromatic rings. The second-order valence-electron chi connectivity index (χ2n) is 5.40. The maximum atomic E-state index is 13.0. The Morgan fingerprint density at radius 1 is 0.800 bits per heavy atom. The third-order valence-electron chi connectivity index (χ3n) is 4.32. The molecule has 2 aliphatic rings. The average Bonchev–Trinajstić information content (AvgIpc) is 2.30. The van der Waals surface area contributed by atoms with Crippen LogP contribution in [0.25, 0.3) is 0 Å². The Morgan fingerprint density at radius 2 is 1.33 bits per heavy atom. The lowest BCUT2D eigenvalue weighted by Crippen LogP contribution is -2.33. The van der Waals surface area contributed by atoms with Gasteiger partial charge in [0.1, 0.15) is 6.17 Å². The number of aliphatic hydroxyl groups excluding tert-OH is 1. The number of hydrogen-bond donors (Lipinski definition) is 1. The predicted octanol–water partition coefficient (Wildman–Crippen LogP) is 3.46. The van der Waals surface area contributed by atoms with Crippen LogP contribution in [0.1, 0.15) is 57.8 Å². The van der Waals surface area contributed by atoms with E-state index in [-0.39, 0.29) is 6.10 Å². The molecule has 0 aliphatic heterocycles. The molecular weight excluding hydrogens is 191 g/mol. The molecular formula is C13H23FO. The molecule has 1 nitrogen and oxygen atoms in total. The number of hydrogen-bond acceptors (Lipinski definition) is 1. The minimum absolute atomic E-state index is 0.141. The van der Waals surface area contributed by atoms with Crippen LogP contribution in [0.3, 0.4) is 0 Å². The van der Waals surface area contributed by atoms with Gasteiger partial charge in [-0.25, -0.2) is 4.39 Å². The minimum Gasteiger partial charge on any atom is -0.393 e. The van der Waals surface area contributed by atoms with Crippen molar-refractivity contribution in [1.82, 2.24) is 0 Å². The second kappa shape index (κ2) is 5.29. The van der Waals surface area contributed by atoms with Gasteiger partial charge in [-0.05, 0) is 50.4 Å². The van der Waals surface area contributed by atoms with E-state index in [4.69, 9.17) is 0 Å². The van der Waals surface area contributed by atoms with E-state index in [0.717, 1.165) is 12.8 Å². The Morgan fingerprint density at radius 3 is 1.93 bits per heavy atom. The molecule has 0 spiro atoms. The van der Waals surface area contributed by atoms with Gasteiger partial charge in [-0.3, -0.25) is 0 Å². The summed E-state index contributed by atoms with van der Waals surface area (Å²) in [6, 6.07) is 0. The quantitative estimate of drug-likeness (QED) is 0.746. The monoisotopic (exact) mass is 214 g/mol. The Bertz CT molecular complexity index is 181. The van der Waals surface area contributed by atoms with Crippen molar-refractivity contribution in [2.45, 2.75) is 70.1 Å².